The van der Waals surface area contributed by atoms with Gasteiger partial charge in [0.25, 0.3) is 0 Å². The Kier molecular flexibility index (Phi) is 4.94. The number of nitrogens with zero attached hydrogens (tertiary/aromatic N) is 4. The molecule has 3 heterocycles. The van der Waals surface area contributed by atoms with Crippen LogP contribution in [0.5, 0.6) is 0 Å². The summed E-state index contributed by atoms with van der Waals surface area (Å²) in [6.07, 6.45) is 3.21. The smallest absolute Gasteiger partial charge is 0.340 e. The van der Waals surface area contributed by atoms with Gasteiger partial charge in [-0.1, -0.05) is 6.08 Å². The minimum atomic E-state index is -0.582. The van der Waals surface area contributed by atoms with Crippen molar-refractivity contribution in [1.82, 2.24) is 19.3 Å². The maximum atomic E-state index is 12.5. The molecule has 0 atom stereocenters. The first-order valence-electron chi connectivity index (χ1n) is 8.60. The summed E-state index contributed by atoms with van der Waals surface area (Å²) in [7, 11) is 1.79. The fraction of sp³-hybridized carbons (Fsp3) is 0.300. The molecule has 0 N–H and O–H groups in total. The van der Waals surface area contributed by atoms with E-state index in [1.165, 1.54) is 6.20 Å². The molecule has 0 saturated carbocycles. The van der Waals surface area contributed by atoms with Crippen molar-refractivity contribution in [2.75, 3.05) is 6.61 Å². The summed E-state index contributed by atoms with van der Waals surface area (Å²) in [5, 5.41) is 5.06. The van der Waals surface area contributed by atoms with Gasteiger partial charge in [0.15, 0.2) is 12.3 Å². The first kappa shape index (κ1) is 18.6. The van der Waals surface area contributed by atoms with Gasteiger partial charge in [0.1, 0.15) is 0 Å². The van der Waals surface area contributed by atoms with Crippen LogP contribution in [-0.4, -0.2) is 37.7 Å². The first-order valence-corrected chi connectivity index (χ1v) is 8.60. The van der Waals surface area contributed by atoms with Crippen molar-refractivity contribution in [1.29, 1.82) is 0 Å². The molecule has 0 aromatic carbocycles. The van der Waals surface area contributed by atoms with Crippen LogP contribution in [0.3, 0.4) is 0 Å². The average Bonchev–Trinajstić information content (AvgIpc) is 3.09. The van der Waals surface area contributed by atoms with Gasteiger partial charge in [-0.2, -0.15) is 5.10 Å². The zero-order valence-corrected chi connectivity index (χ0v) is 15.9. The monoisotopic (exact) mass is 366 g/mol. The number of carbonyl (C=O) groups excluding carboxylic acids is 2. The molecule has 3 aromatic heterocycles. The Bertz CT molecular complexity index is 1060. The summed E-state index contributed by atoms with van der Waals surface area (Å²) in [6, 6.07) is 3.50. The van der Waals surface area contributed by atoms with Crippen LogP contribution in [0, 0.1) is 20.8 Å². The van der Waals surface area contributed by atoms with Crippen LogP contribution in [0.2, 0.25) is 0 Å². The molecule has 3 rings (SSSR count). The van der Waals surface area contributed by atoms with Crippen LogP contribution >= 0.6 is 0 Å². The predicted molar refractivity (Wildman–Crippen MR) is 102 cm³/mol. The van der Waals surface area contributed by atoms with Crippen molar-refractivity contribution in [2.24, 2.45) is 7.05 Å². The van der Waals surface area contributed by atoms with Gasteiger partial charge in [-0.25, -0.2) is 9.78 Å². The van der Waals surface area contributed by atoms with E-state index in [0.717, 1.165) is 22.5 Å². The molecule has 0 aliphatic heterocycles. The zero-order chi connectivity index (χ0) is 19.7. The van der Waals surface area contributed by atoms with Crippen LogP contribution in [0.15, 0.2) is 31.0 Å². The number of esters is 1. The van der Waals surface area contributed by atoms with E-state index >= 15 is 0 Å². The minimum Gasteiger partial charge on any atom is -0.454 e. The number of carbonyl (C=O) groups is 2. The number of pyridine rings is 1. The van der Waals surface area contributed by atoms with Crippen LogP contribution < -0.4 is 0 Å². The van der Waals surface area contributed by atoms with Crippen LogP contribution in [-0.2, 0) is 18.3 Å². The molecular weight excluding hydrogens is 344 g/mol. The Labute approximate surface area is 157 Å². The molecule has 0 saturated heterocycles. The summed E-state index contributed by atoms with van der Waals surface area (Å²) in [5.41, 5.74) is 4.11. The summed E-state index contributed by atoms with van der Waals surface area (Å²) in [5.74, 6) is -0.820. The number of fused-ring (bicyclic) bond motifs is 1. The van der Waals surface area contributed by atoms with Crippen molar-refractivity contribution in [2.45, 2.75) is 27.3 Å². The van der Waals surface area contributed by atoms with Crippen molar-refractivity contribution < 1.29 is 14.3 Å². The summed E-state index contributed by atoms with van der Waals surface area (Å²) in [6.45, 7) is 9.68. The fourth-order valence-corrected chi connectivity index (χ4v) is 3.21. The Hall–Kier alpha value is -3.22. The van der Waals surface area contributed by atoms with E-state index < -0.39 is 5.97 Å². The molecule has 0 bridgehead atoms. The molecule has 7 nitrogen and oxygen atoms in total. The van der Waals surface area contributed by atoms with Gasteiger partial charge >= 0.3 is 5.97 Å². The van der Waals surface area contributed by atoms with E-state index in [0.29, 0.717) is 23.3 Å². The molecule has 0 fully saturated rings. The van der Waals surface area contributed by atoms with Crippen molar-refractivity contribution in [3.8, 4) is 0 Å². The van der Waals surface area contributed by atoms with Gasteiger partial charge in [0.05, 0.1) is 11.3 Å². The maximum Gasteiger partial charge on any atom is 0.340 e. The van der Waals surface area contributed by atoms with E-state index in [1.54, 1.807) is 23.9 Å². The molecule has 0 unspecified atom stereocenters. The van der Waals surface area contributed by atoms with E-state index in [1.807, 2.05) is 31.4 Å². The quantitative estimate of drug-likeness (QED) is 0.381. The summed E-state index contributed by atoms with van der Waals surface area (Å²) in [4.78, 5) is 29.1. The molecule has 7 heteroatoms. The number of hydrogen-bond donors (Lipinski definition) is 0. The predicted octanol–water partition coefficient (Wildman–Crippen LogP) is 2.92. The molecule has 0 spiro atoms. The van der Waals surface area contributed by atoms with Gasteiger partial charge in [-0.15, -0.1) is 6.58 Å². The molecule has 0 radical (unpaired) electrons. The number of aryl methyl sites for hydroxylation is 3. The highest BCUT2D eigenvalue weighted by Crippen LogP contribution is 2.18. The highest BCUT2D eigenvalue weighted by Gasteiger charge is 2.18. The molecule has 140 valence electrons. The second kappa shape index (κ2) is 7.19. The highest BCUT2D eigenvalue weighted by molar-refractivity contribution is 6.01. The van der Waals surface area contributed by atoms with E-state index in [-0.39, 0.29) is 12.4 Å². The second-order valence-electron chi connectivity index (χ2n) is 6.49. The fourth-order valence-electron chi connectivity index (χ4n) is 3.21. The minimum absolute atomic E-state index is 0.238. The third-order valence-electron chi connectivity index (χ3n) is 4.62. The average molecular weight is 366 g/mol. The normalized spacial score (nSPS) is 11.0. The Morgan fingerprint density at radius 2 is 2.00 bits per heavy atom. The van der Waals surface area contributed by atoms with Crippen molar-refractivity contribution >= 4 is 22.8 Å². The maximum absolute atomic E-state index is 12.5. The Balaban J connectivity index is 1.74. The largest absolute Gasteiger partial charge is 0.454 e. The number of Topliss-reactive ketones (excluding diaryl/α,β-unsaturated/α-hetero) is 1. The number of hydrogen-bond acceptors (Lipinski definition) is 5. The number of ketones is 1. The molecule has 27 heavy (non-hydrogen) atoms. The van der Waals surface area contributed by atoms with Crippen LogP contribution in [0.4, 0.5) is 0 Å². The van der Waals surface area contributed by atoms with Crippen LogP contribution in [0.1, 0.15) is 37.8 Å². The first-order chi connectivity index (χ1) is 12.8. The summed E-state index contributed by atoms with van der Waals surface area (Å²) < 4.78 is 8.87. The van der Waals surface area contributed by atoms with Gasteiger partial charge in [0, 0.05) is 42.1 Å². The number of rotatable bonds is 6. The van der Waals surface area contributed by atoms with Crippen LogP contribution in [0.25, 0.3) is 11.0 Å². The molecule has 0 aliphatic rings. The van der Waals surface area contributed by atoms with E-state index in [2.05, 4.69) is 16.7 Å². The lowest BCUT2D eigenvalue weighted by molar-refractivity contribution is 0.0474. The third-order valence-corrected chi connectivity index (χ3v) is 4.62. The van der Waals surface area contributed by atoms with Gasteiger partial charge < -0.3 is 9.30 Å². The molecule has 3 aromatic rings. The lowest BCUT2D eigenvalue weighted by Gasteiger charge is -2.07. The standard InChI is InChI=1S/C20H22N4O3/c1-6-7-24-12(2)8-17(14(24)4)18(25)11-27-20(26)15-9-16-13(3)22-23(5)19(16)21-10-15/h6,8-10H,1,7,11H2,2-5H3. The molecule has 0 amide bonds. The SMILES string of the molecule is C=CCn1c(C)cc(C(=O)COC(=O)c2cnc3c(c2)c(C)nn3C)c1C. The molecular formula is C20H22N4O3. The lowest BCUT2D eigenvalue weighted by Crippen LogP contribution is -2.15. The van der Waals surface area contributed by atoms with Gasteiger partial charge in [-0.3, -0.25) is 9.48 Å². The molecule has 0 aliphatic carbocycles. The highest BCUT2D eigenvalue weighted by atomic mass is 16.5. The Morgan fingerprint density at radius 3 is 2.70 bits per heavy atom. The Morgan fingerprint density at radius 1 is 1.26 bits per heavy atom. The summed E-state index contributed by atoms with van der Waals surface area (Å²) >= 11 is 0. The number of aromatic nitrogens is 4. The van der Waals surface area contributed by atoms with Crippen molar-refractivity contribution in [3.05, 3.63) is 59.2 Å². The number of ether oxygens (including phenoxy) is 1. The number of allylic oxidation sites excluding steroid dienone is 1. The zero-order valence-electron chi connectivity index (χ0n) is 15.9. The van der Waals surface area contributed by atoms with E-state index in [9.17, 15) is 9.59 Å². The topological polar surface area (TPSA) is 79.0 Å². The second-order valence-corrected chi connectivity index (χ2v) is 6.49. The third kappa shape index (κ3) is 3.40. The van der Waals surface area contributed by atoms with Gasteiger partial charge in [0.2, 0.25) is 5.78 Å². The van der Waals surface area contributed by atoms with Crippen molar-refractivity contribution in [3.63, 3.8) is 0 Å². The lowest BCUT2D eigenvalue weighted by atomic mass is 10.1. The van der Waals surface area contributed by atoms with E-state index in [4.69, 9.17) is 4.74 Å². The van der Waals surface area contributed by atoms with Gasteiger partial charge in [-0.05, 0) is 32.9 Å².